The first kappa shape index (κ1) is 16.6. The van der Waals surface area contributed by atoms with Gasteiger partial charge in [-0.2, -0.15) is 0 Å². The van der Waals surface area contributed by atoms with Gasteiger partial charge in [-0.05, 0) is 65.0 Å². The highest BCUT2D eigenvalue weighted by molar-refractivity contribution is 5.80. The highest BCUT2D eigenvalue weighted by Crippen LogP contribution is 2.28. The van der Waals surface area contributed by atoms with Gasteiger partial charge >= 0.3 is 0 Å². The molecule has 0 amide bonds. The smallest absolute Gasteiger partial charge is 0.191 e. The van der Waals surface area contributed by atoms with Crippen molar-refractivity contribution in [3.8, 4) is 0 Å². The predicted octanol–water partition coefficient (Wildman–Crippen LogP) is 2.60. The van der Waals surface area contributed by atoms with Crippen molar-refractivity contribution in [2.45, 2.75) is 71.4 Å². The molecule has 0 aromatic carbocycles. The first-order valence-electron chi connectivity index (χ1n) is 8.99. The molecule has 1 saturated carbocycles. The lowest BCUT2D eigenvalue weighted by atomic mass is 10.0. The lowest BCUT2D eigenvalue weighted by molar-refractivity contribution is 0.158. The topological polar surface area (TPSA) is 39.7 Å². The van der Waals surface area contributed by atoms with Crippen LogP contribution in [0, 0.1) is 5.92 Å². The first-order valence-corrected chi connectivity index (χ1v) is 8.99. The van der Waals surface area contributed by atoms with Crippen LogP contribution in [0.15, 0.2) is 4.99 Å². The maximum Gasteiger partial charge on any atom is 0.191 e. The van der Waals surface area contributed by atoms with E-state index in [1.807, 2.05) is 0 Å². The molecular formula is C17H34N4. The average molecular weight is 294 g/mol. The van der Waals surface area contributed by atoms with E-state index in [1.54, 1.807) is 0 Å². The van der Waals surface area contributed by atoms with E-state index in [0.717, 1.165) is 31.0 Å². The molecule has 0 aromatic heterocycles. The van der Waals surface area contributed by atoms with Gasteiger partial charge < -0.3 is 15.5 Å². The van der Waals surface area contributed by atoms with E-state index in [4.69, 9.17) is 4.99 Å². The van der Waals surface area contributed by atoms with Gasteiger partial charge in [0.15, 0.2) is 5.96 Å². The number of rotatable bonds is 7. The Hall–Kier alpha value is -0.770. The quantitative estimate of drug-likeness (QED) is 0.431. The van der Waals surface area contributed by atoms with Crippen LogP contribution in [0.25, 0.3) is 0 Å². The molecule has 122 valence electrons. The van der Waals surface area contributed by atoms with Crippen molar-refractivity contribution in [1.29, 1.82) is 0 Å². The highest BCUT2D eigenvalue weighted by Gasteiger charge is 2.33. The van der Waals surface area contributed by atoms with Gasteiger partial charge in [-0.3, -0.25) is 4.99 Å². The minimum atomic E-state index is 0.650. The van der Waals surface area contributed by atoms with Crippen LogP contribution in [0.2, 0.25) is 0 Å². The molecule has 2 fully saturated rings. The second kappa shape index (κ2) is 8.62. The predicted molar refractivity (Wildman–Crippen MR) is 90.8 cm³/mol. The Morgan fingerprint density at radius 1 is 1.24 bits per heavy atom. The largest absolute Gasteiger partial charge is 0.357 e. The summed E-state index contributed by atoms with van der Waals surface area (Å²) in [4.78, 5) is 7.36. The summed E-state index contributed by atoms with van der Waals surface area (Å²) in [5.41, 5.74) is 0. The van der Waals surface area contributed by atoms with Gasteiger partial charge in [0.1, 0.15) is 0 Å². The van der Waals surface area contributed by atoms with Crippen molar-refractivity contribution in [1.82, 2.24) is 15.5 Å². The molecule has 0 aromatic rings. The van der Waals surface area contributed by atoms with Crippen LogP contribution >= 0.6 is 0 Å². The molecule has 2 N–H and O–H groups in total. The minimum Gasteiger partial charge on any atom is -0.357 e. The highest BCUT2D eigenvalue weighted by atomic mass is 15.2. The lowest BCUT2D eigenvalue weighted by Gasteiger charge is -2.33. The van der Waals surface area contributed by atoms with Crippen molar-refractivity contribution < 1.29 is 0 Å². The van der Waals surface area contributed by atoms with Gasteiger partial charge in [0.25, 0.3) is 0 Å². The maximum atomic E-state index is 4.71. The van der Waals surface area contributed by atoms with Gasteiger partial charge in [-0.25, -0.2) is 0 Å². The van der Waals surface area contributed by atoms with Gasteiger partial charge in [-0.15, -0.1) is 0 Å². The molecule has 4 heteroatoms. The molecule has 0 radical (unpaired) electrons. The van der Waals surface area contributed by atoms with Gasteiger partial charge in [0.05, 0.1) is 0 Å². The van der Waals surface area contributed by atoms with E-state index in [0.29, 0.717) is 6.04 Å². The molecular weight excluding hydrogens is 260 g/mol. The number of guanidine groups is 1. The van der Waals surface area contributed by atoms with Crippen molar-refractivity contribution in [3.63, 3.8) is 0 Å². The minimum absolute atomic E-state index is 0.650. The summed E-state index contributed by atoms with van der Waals surface area (Å²) in [5, 5.41) is 6.87. The van der Waals surface area contributed by atoms with E-state index in [1.165, 1.54) is 51.6 Å². The summed E-state index contributed by atoms with van der Waals surface area (Å²) >= 11 is 0. The zero-order valence-corrected chi connectivity index (χ0v) is 14.2. The third-order valence-corrected chi connectivity index (χ3v) is 4.84. The van der Waals surface area contributed by atoms with Crippen molar-refractivity contribution >= 4 is 5.96 Å². The zero-order valence-electron chi connectivity index (χ0n) is 14.2. The fourth-order valence-electron chi connectivity index (χ4n) is 3.13. The molecule has 0 spiro atoms. The Bertz CT molecular complexity index is 329. The summed E-state index contributed by atoms with van der Waals surface area (Å²) in [6.45, 7) is 11.2. The molecule has 3 unspecified atom stereocenters. The maximum absolute atomic E-state index is 4.71. The summed E-state index contributed by atoms with van der Waals surface area (Å²) in [7, 11) is 0. The van der Waals surface area contributed by atoms with Crippen molar-refractivity contribution in [2.24, 2.45) is 10.9 Å². The summed E-state index contributed by atoms with van der Waals surface area (Å²) < 4.78 is 0. The molecule has 2 rings (SSSR count). The Balaban J connectivity index is 1.60. The number of aliphatic imine (C=N–C) groups is 1. The van der Waals surface area contributed by atoms with Crippen LogP contribution < -0.4 is 10.6 Å². The summed E-state index contributed by atoms with van der Waals surface area (Å²) in [6.07, 6.45) is 7.94. The molecule has 0 bridgehead atoms. The van der Waals surface area contributed by atoms with Crippen molar-refractivity contribution in [2.75, 3.05) is 26.2 Å². The average Bonchev–Trinajstić information content (AvgIpc) is 3.16. The molecule has 1 heterocycles. The second-order valence-corrected chi connectivity index (χ2v) is 6.81. The van der Waals surface area contributed by atoms with Gasteiger partial charge in [0.2, 0.25) is 0 Å². The second-order valence-electron chi connectivity index (χ2n) is 6.81. The van der Waals surface area contributed by atoms with Gasteiger partial charge in [-0.1, -0.05) is 13.3 Å². The van der Waals surface area contributed by atoms with E-state index < -0.39 is 0 Å². The number of piperidine rings is 1. The van der Waals surface area contributed by atoms with E-state index in [-0.39, 0.29) is 0 Å². The Kier molecular flexibility index (Phi) is 6.81. The Morgan fingerprint density at radius 3 is 2.71 bits per heavy atom. The lowest BCUT2D eigenvalue weighted by Crippen LogP contribution is -2.39. The van der Waals surface area contributed by atoms with Crippen LogP contribution in [0.3, 0.4) is 0 Å². The van der Waals surface area contributed by atoms with Crippen LogP contribution in [-0.2, 0) is 0 Å². The zero-order chi connectivity index (χ0) is 15.1. The standard InChI is InChI=1S/C17H34N4/c1-4-18-17(20-16-13-14(16)2)19-10-6-8-12-21-11-7-5-9-15(21)3/h14-16H,4-13H2,1-3H3,(H2,18,19,20). The SMILES string of the molecule is CCNC(=NCCCCN1CCCCC1C)NC1CC1C. The third-order valence-electron chi connectivity index (χ3n) is 4.84. The van der Waals surface area contributed by atoms with E-state index in [9.17, 15) is 0 Å². The Morgan fingerprint density at radius 2 is 2.05 bits per heavy atom. The van der Waals surface area contributed by atoms with Crippen LogP contribution in [-0.4, -0.2) is 49.1 Å². The number of likely N-dealkylation sites (tertiary alicyclic amines) is 1. The number of hydrogen-bond acceptors (Lipinski definition) is 2. The molecule has 1 aliphatic carbocycles. The van der Waals surface area contributed by atoms with Crippen LogP contribution in [0.5, 0.6) is 0 Å². The summed E-state index contributed by atoms with van der Waals surface area (Å²) in [6, 6.07) is 1.44. The summed E-state index contributed by atoms with van der Waals surface area (Å²) in [5.74, 6) is 1.83. The molecule has 4 nitrogen and oxygen atoms in total. The number of unbranched alkanes of at least 4 members (excludes halogenated alkanes) is 1. The molecule has 2 aliphatic rings. The molecule has 21 heavy (non-hydrogen) atoms. The van der Waals surface area contributed by atoms with Crippen LogP contribution in [0.1, 0.15) is 59.3 Å². The van der Waals surface area contributed by atoms with Crippen molar-refractivity contribution in [3.05, 3.63) is 0 Å². The Labute approximate surface area is 130 Å². The van der Waals surface area contributed by atoms with E-state index in [2.05, 4.69) is 36.3 Å². The molecule has 1 aliphatic heterocycles. The fourth-order valence-corrected chi connectivity index (χ4v) is 3.13. The normalized spacial score (nSPS) is 30.2. The van der Waals surface area contributed by atoms with E-state index >= 15 is 0 Å². The first-order chi connectivity index (χ1) is 10.2. The number of nitrogens with zero attached hydrogens (tertiary/aromatic N) is 2. The third kappa shape index (κ3) is 5.85. The molecule has 1 saturated heterocycles. The van der Waals surface area contributed by atoms with Crippen LogP contribution in [0.4, 0.5) is 0 Å². The number of hydrogen-bond donors (Lipinski definition) is 2. The fraction of sp³-hybridized carbons (Fsp3) is 0.941. The van der Waals surface area contributed by atoms with Gasteiger partial charge in [0, 0.05) is 25.2 Å². The monoisotopic (exact) mass is 294 g/mol. The number of nitrogens with one attached hydrogen (secondary N) is 2. The molecule has 3 atom stereocenters.